The van der Waals surface area contributed by atoms with Crippen LogP contribution in [0.2, 0.25) is 0 Å². The first-order valence-electron chi connectivity index (χ1n) is 6.92. The predicted octanol–water partition coefficient (Wildman–Crippen LogP) is 1.92. The molecular formula is C14H20BrN3O2. The first-order valence-corrected chi connectivity index (χ1v) is 7.72. The average Bonchev–Trinajstić information content (AvgIpc) is 2.64. The third kappa shape index (κ3) is 4.45. The number of anilines is 1. The van der Waals surface area contributed by atoms with Crippen LogP contribution in [0.15, 0.2) is 22.9 Å². The van der Waals surface area contributed by atoms with Gasteiger partial charge in [0, 0.05) is 36.8 Å². The molecule has 1 saturated heterocycles. The standard InChI is InChI=1S/C14H20BrN3O2/c1-2-20-14(19)11-17-4-3-5-18(7-6-17)13-8-12(15)9-16-10-13/h8-10H,2-7,11H2,1H3. The fraction of sp³-hybridized carbons (Fsp3) is 0.571. The Bertz CT molecular complexity index is 456. The molecule has 2 rings (SSSR count). The van der Waals surface area contributed by atoms with E-state index in [2.05, 4.69) is 36.8 Å². The molecule has 2 heterocycles. The molecule has 0 radical (unpaired) electrons. The molecule has 20 heavy (non-hydrogen) atoms. The SMILES string of the molecule is CCOC(=O)CN1CCCN(c2cncc(Br)c2)CC1. The normalized spacial score (nSPS) is 16.8. The Hall–Kier alpha value is -1.14. The maximum absolute atomic E-state index is 11.5. The van der Waals surface area contributed by atoms with Crippen LogP contribution in [-0.4, -0.2) is 55.2 Å². The second-order valence-electron chi connectivity index (χ2n) is 4.78. The van der Waals surface area contributed by atoms with Crippen molar-refractivity contribution in [2.75, 3.05) is 44.2 Å². The van der Waals surface area contributed by atoms with E-state index in [9.17, 15) is 4.79 Å². The number of ether oxygens (including phenoxy) is 1. The summed E-state index contributed by atoms with van der Waals surface area (Å²) in [6, 6.07) is 2.08. The molecule has 0 amide bonds. The maximum atomic E-state index is 11.5. The minimum Gasteiger partial charge on any atom is -0.465 e. The number of hydrogen-bond donors (Lipinski definition) is 0. The summed E-state index contributed by atoms with van der Waals surface area (Å²) in [4.78, 5) is 20.2. The van der Waals surface area contributed by atoms with Crippen LogP contribution in [-0.2, 0) is 9.53 Å². The van der Waals surface area contributed by atoms with Crippen LogP contribution in [0.25, 0.3) is 0 Å². The van der Waals surface area contributed by atoms with E-state index in [1.54, 1.807) is 6.20 Å². The number of hydrogen-bond acceptors (Lipinski definition) is 5. The van der Waals surface area contributed by atoms with Crippen LogP contribution in [0.3, 0.4) is 0 Å². The van der Waals surface area contributed by atoms with Gasteiger partial charge >= 0.3 is 5.97 Å². The topological polar surface area (TPSA) is 45.7 Å². The number of carbonyl (C=O) groups excluding carboxylic acids is 1. The number of carbonyl (C=O) groups is 1. The first kappa shape index (κ1) is 15.3. The highest BCUT2D eigenvalue weighted by molar-refractivity contribution is 9.10. The molecule has 0 spiro atoms. The Morgan fingerprint density at radius 3 is 2.95 bits per heavy atom. The van der Waals surface area contributed by atoms with E-state index < -0.39 is 0 Å². The average molecular weight is 342 g/mol. The lowest BCUT2D eigenvalue weighted by Gasteiger charge is -2.23. The molecule has 0 bridgehead atoms. The monoisotopic (exact) mass is 341 g/mol. The lowest BCUT2D eigenvalue weighted by Crippen LogP contribution is -2.35. The summed E-state index contributed by atoms with van der Waals surface area (Å²) < 4.78 is 5.99. The van der Waals surface area contributed by atoms with Crippen molar-refractivity contribution in [1.82, 2.24) is 9.88 Å². The molecule has 6 heteroatoms. The van der Waals surface area contributed by atoms with Gasteiger partial charge in [-0.25, -0.2) is 0 Å². The maximum Gasteiger partial charge on any atom is 0.320 e. The highest BCUT2D eigenvalue weighted by Gasteiger charge is 2.18. The Kier molecular flexibility index (Phi) is 5.79. The zero-order valence-electron chi connectivity index (χ0n) is 11.7. The third-order valence-corrected chi connectivity index (χ3v) is 3.74. The van der Waals surface area contributed by atoms with Crippen LogP contribution in [0.4, 0.5) is 5.69 Å². The van der Waals surface area contributed by atoms with E-state index in [1.165, 1.54) is 0 Å². The number of rotatable bonds is 4. The van der Waals surface area contributed by atoms with Gasteiger partial charge in [-0.2, -0.15) is 0 Å². The zero-order valence-corrected chi connectivity index (χ0v) is 13.3. The van der Waals surface area contributed by atoms with E-state index in [4.69, 9.17) is 4.74 Å². The van der Waals surface area contributed by atoms with Crippen molar-refractivity contribution >= 4 is 27.6 Å². The molecule has 0 aromatic carbocycles. The predicted molar refractivity (Wildman–Crippen MR) is 81.8 cm³/mol. The van der Waals surface area contributed by atoms with Crippen LogP contribution in [0, 0.1) is 0 Å². The quantitative estimate of drug-likeness (QED) is 0.783. The van der Waals surface area contributed by atoms with Gasteiger partial charge in [0.25, 0.3) is 0 Å². The second kappa shape index (κ2) is 7.59. The molecule has 110 valence electrons. The first-order chi connectivity index (χ1) is 9.69. The molecule has 0 N–H and O–H groups in total. The minimum absolute atomic E-state index is 0.134. The Balaban J connectivity index is 1.90. The fourth-order valence-electron chi connectivity index (χ4n) is 2.35. The van der Waals surface area contributed by atoms with Crippen LogP contribution < -0.4 is 4.90 Å². The minimum atomic E-state index is -0.134. The van der Waals surface area contributed by atoms with Crippen molar-refractivity contribution in [2.24, 2.45) is 0 Å². The van der Waals surface area contributed by atoms with Crippen molar-refractivity contribution in [3.8, 4) is 0 Å². The summed E-state index contributed by atoms with van der Waals surface area (Å²) in [5.74, 6) is -0.134. The van der Waals surface area contributed by atoms with Gasteiger partial charge in [-0.05, 0) is 35.3 Å². The summed E-state index contributed by atoms with van der Waals surface area (Å²) in [5, 5.41) is 0. The van der Waals surface area contributed by atoms with Crippen LogP contribution >= 0.6 is 15.9 Å². The van der Waals surface area contributed by atoms with E-state index in [-0.39, 0.29) is 5.97 Å². The van der Waals surface area contributed by atoms with Crippen molar-refractivity contribution < 1.29 is 9.53 Å². The molecule has 1 aliphatic heterocycles. The Morgan fingerprint density at radius 2 is 2.20 bits per heavy atom. The smallest absolute Gasteiger partial charge is 0.320 e. The summed E-state index contributed by atoms with van der Waals surface area (Å²) in [6.07, 6.45) is 4.70. The highest BCUT2D eigenvalue weighted by atomic mass is 79.9. The number of halogens is 1. The molecular weight excluding hydrogens is 322 g/mol. The van der Waals surface area contributed by atoms with E-state index in [1.807, 2.05) is 13.1 Å². The largest absolute Gasteiger partial charge is 0.465 e. The summed E-state index contributed by atoms with van der Waals surface area (Å²) in [7, 11) is 0. The van der Waals surface area contributed by atoms with Crippen LogP contribution in [0.5, 0.6) is 0 Å². The second-order valence-corrected chi connectivity index (χ2v) is 5.70. The highest BCUT2D eigenvalue weighted by Crippen LogP contribution is 2.19. The molecule has 1 aliphatic rings. The molecule has 0 atom stereocenters. The summed E-state index contributed by atoms with van der Waals surface area (Å²) in [6.45, 7) is 6.35. The Morgan fingerprint density at radius 1 is 1.35 bits per heavy atom. The molecule has 0 aliphatic carbocycles. The van der Waals surface area contributed by atoms with Gasteiger partial charge in [-0.15, -0.1) is 0 Å². The number of aromatic nitrogens is 1. The van der Waals surface area contributed by atoms with Crippen molar-refractivity contribution in [1.29, 1.82) is 0 Å². The van der Waals surface area contributed by atoms with Gasteiger partial charge in [0.15, 0.2) is 0 Å². The molecule has 1 aromatic rings. The number of pyridine rings is 1. The molecule has 0 unspecified atom stereocenters. The van der Waals surface area contributed by atoms with Gasteiger partial charge in [0.1, 0.15) is 0 Å². The molecule has 1 fully saturated rings. The third-order valence-electron chi connectivity index (χ3n) is 3.30. The van der Waals surface area contributed by atoms with Crippen molar-refractivity contribution in [2.45, 2.75) is 13.3 Å². The molecule has 5 nitrogen and oxygen atoms in total. The van der Waals surface area contributed by atoms with Gasteiger partial charge in [-0.3, -0.25) is 14.7 Å². The Labute approximate surface area is 128 Å². The van der Waals surface area contributed by atoms with Gasteiger partial charge in [0.05, 0.1) is 25.0 Å². The number of nitrogens with zero attached hydrogens (tertiary/aromatic N) is 3. The van der Waals surface area contributed by atoms with E-state index in [0.717, 1.165) is 42.8 Å². The molecule has 0 saturated carbocycles. The lowest BCUT2D eigenvalue weighted by atomic mass is 10.3. The van der Waals surface area contributed by atoms with E-state index >= 15 is 0 Å². The van der Waals surface area contributed by atoms with E-state index in [0.29, 0.717) is 13.2 Å². The molecule has 1 aromatic heterocycles. The van der Waals surface area contributed by atoms with Gasteiger partial charge in [-0.1, -0.05) is 0 Å². The van der Waals surface area contributed by atoms with Gasteiger partial charge in [0.2, 0.25) is 0 Å². The van der Waals surface area contributed by atoms with Crippen molar-refractivity contribution in [3.63, 3.8) is 0 Å². The van der Waals surface area contributed by atoms with Gasteiger partial charge < -0.3 is 9.64 Å². The summed E-state index contributed by atoms with van der Waals surface area (Å²) in [5.41, 5.74) is 1.12. The number of esters is 1. The van der Waals surface area contributed by atoms with Crippen molar-refractivity contribution in [3.05, 3.63) is 22.9 Å². The summed E-state index contributed by atoms with van der Waals surface area (Å²) >= 11 is 3.45. The zero-order chi connectivity index (χ0) is 14.4. The van der Waals surface area contributed by atoms with Crippen LogP contribution in [0.1, 0.15) is 13.3 Å². The lowest BCUT2D eigenvalue weighted by molar-refractivity contribution is -0.144. The fourth-order valence-corrected chi connectivity index (χ4v) is 2.70.